The summed E-state index contributed by atoms with van der Waals surface area (Å²) in [7, 11) is 0.117. The van der Waals surface area contributed by atoms with E-state index in [4.69, 9.17) is 4.74 Å². The maximum Gasteiger partial charge on any atom is 0.276 e. The van der Waals surface area contributed by atoms with Gasteiger partial charge in [0.25, 0.3) is 5.91 Å². The number of carbonyl (C=O) groups excluding carboxylic acids is 1. The minimum atomic E-state index is -1.51. The largest absolute Gasteiger partial charge is 0.489 e. The van der Waals surface area contributed by atoms with Gasteiger partial charge < -0.3 is 14.6 Å². The van der Waals surface area contributed by atoms with Crippen molar-refractivity contribution in [1.82, 2.24) is 9.29 Å². The van der Waals surface area contributed by atoms with Gasteiger partial charge in [0.1, 0.15) is 15.9 Å². The standard InChI is InChI=1S/C17H19F2N3O3S/c1-3-10-7-20-26(24)14-8-22(2)15(16(14)25-9-10)17(23)21-11-4-5-12(18)13(19)6-11/h4-6,8,10,20H,3,7,9H2,1-2H3,(H,21,23). The second-order valence-corrected chi connectivity index (χ2v) is 7.33. The third kappa shape index (κ3) is 3.63. The van der Waals surface area contributed by atoms with Gasteiger partial charge in [-0.05, 0) is 18.6 Å². The first-order chi connectivity index (χ1) is 12.4. The second kappa shape index (κ2) is 7.55. The lowest BCUT2D eigenvalue weighted by Crippen LogP contribution is -2.31. The number of hydrogen-bond acceptors (Lipinski definition) is 3. The number of nitrogens with zero attached hydrogens (tertiary/aromatic N) is 1. The Morgan fingerprint density at radius 3 is 2.88 bits per heavy atom. The Bertz CT molecular complexity index is 869. The molecule has 140 valence electrons. The lowest BCUT2D eigenvalue weighted by Gasteiger charge is -2.20. The molecule has 0 saturated carbocycles. The van der Waals surface area contributed by atoms with Gasteiger partial charge in [0.15, 0.2) is 23.1 Å². The molecule has 0 bridgehead atoms. The molecule has 0 aliphatic carbocycles. The first kappa shape index (κ1) is 18.5. The maximum absolute atomic E-state index is 13.4. The van der Waals surface area contributed by atoms with E-state index in [0.29, 0.717) is 18.0 Å². The third-order valence-corrected chi connectivity index (χ3v) is 5.36. The van der Waals surface area contributed by atoms with Gasteiger partial charge >= 0.3 is 0 Å². The summed E-state index contributed by atoms with van der Waals surface area (Å²) >= 11 is 0. The number of fused-ring (bicyclic) bond motifs is 1. The zero-order valence-electron chi connectivity index (χ0n) is 14.3. The highest BCUT2D eigenvalue weighted by molar-refractivity contribution is 7.83. The molecule has 0 saturated heterocycles. The molecule has 0 fully saturated rings. The predicted molar refractivity (Wildman–Crippen MR) is 93.4 cm³/mol. The molecule has 1 aliphatic rings. The van der Waals surface area contributed by atoms with E-state index in [1.165, 1.54) is 10.6 Å². The van der Waals surface area contributed by atoms with Crippen LogP contribution in [0.5, 0.6) is 5.75 Å². The Morgan fingerprint density at radius 2 is 2.19 bits per heavy atom. The van der Waals surface area contributed by atoms with Crippen molar-refractivity contribution in [2.75, 3.05) is 18.5 Å². The number of ether oxygens (including phenoxy) is 1. The van der Waals surface area contributed by atoms with Crippen molar-refractivity contribution in [2.45, 2.75) is 18.2 Å². The summed E-state index contributed by atoms with van der Waals surface area (Å²) in [4.78, 5) is 13.0. The highest BCUT2D eigenvalue weighted by Crippen LogP contribution is 2.31. The van der Waals surface area contributed by atoms with Crippen molar-refractivity contribution in [3.8, 4) is 5.75 Å². The fraction of sp³-hybridized carbons (Fsp3) is 0.353. The van der Waals surface area contributed by atoms with E-state index in [-0.39, 0.29) is 23.0 Å². The van der Waals surface area contributed by atoms with Gasteiger partial charge in [-0.3, -0.25) is 4.79 Å². The van der Waals surface area contributed by atoms with E-state index in [0.717, 1.165) is 18.6 Å². The van der Waals surface area contributed by atoms with Gasteiger partial charge in [0, 0.05) is 37.5 Å². The van der Waals surface area contributed by atoms with E-state index in [2.05, 4.69) is 10.0 Å². The fourth-order valence-electron chi connectivity index (χ4n) is 2.67. The van der Waals surface area contributed by atoms with Crippen molar-refractivity contribution < 1.29 is 22.5 Å². The Hall–Kier alpha value is -2.26. The molecule has 3 rings (SSSR count). The summed E-state index contributed by atoms with van der Waals surface area (Å²) in [6.45, 7) is 2.93. The lowest BCUT2D eigenvalue weighted by atomic mass is 10.1. The molecule has 9 heteroatoms. The summed E-state index contributed by atoms with van der Waals surface area (Å²) in [6.07, 6.45) is 2.40. The van der Waals surface area contributed by atoms with Crippen LogP contribution in [-0.2, 0) is 18.0 Å². The number of rotatable bonds is 3. The molecule has 2 N–H and O–H groups in total. The summed E-state index contributed by atoms with van der Waals surface area (Å²) in [6, 6.07) is 3.09. The van der Waals surface area contributed by atoms with Crippen molar-refractivity contribution >= 4 is 22.6 Å². The molecule has 1 aromatic carbocycles. The Labute approximate surface area is 152 Å². The van der Waals surface area contributed by atoms with Crippen LogP contribution in [-0.4, -0.2) is 27.8 Å². The molecule has 1 amide bonds. The third-order valence-electron chi connectivity index (χ3n) is 4.24. The average Bonchev–Trinajstić information content (AvgIpc) is 2.93. The molecule has 2 atom stereocenters. The molecule has 1 aliphatic heterocycles. The molecule has 2 unspecified atom stereocenters. The van der Waals surface area contributed by atoms with Crippen molar-refractivity contribution in [3.63, 3.8) is 0 Å². The van der Waals surface area contributed by atoms with E-state index in [1.54, 1.807) is 13.2 Å². The van der Waals surface area contributed by atoms with Gasteiger partial charge in [-0.15, -0.1) is 0 Å². The Morgan fingerprint density at radius 1 is 1.42 bits per heavy atom. The first-order valence-corrected chi connectivity index (χ1v) is 9.29. The molecule has 2 aromatic rings. The molecule has 26 heavy (non-hydrogen) atoms. The minimum absolute atomic E-state index is 0.111. The highest BCUT2D eigenvalue weighted by Gasteiger charge is 2.28. The summed E-state index contributed by atoms with van der Waals surface area (Å²) in [5.41, 5.74) is 0.275. The SMILES string of the molecule is CCC1CNS(=O)c2cn(C)c(C(=O)Nc3ccc(F)c(F)c3)c2OC1. The maximum atomic E-state index is 13.4. The molecular formula is C17H19F2N3O3S. The number of hydrogen-bond donors (Lipinski definition) is 2. The van der Waals surface area contributed by atoms with E-state index < -0.39 is 28.5 Å². The summed E-state index contributed by atoms with van der Waals surface area (Å²) < 4.78 is 49.1. The highest BCUT2D eigenvalue weighted by atomic mass is 32.2. The van der Waals surface area contributed by atoms with Crippen LogP contribution in [0.15, 0.2) is 29.3 Å². The number of nitrogens with one attached hydrogen (secondary N) is 2. The quantitative estimate of drug-likeness (QED) is 0.856. The minimum Gasteiger partial charge on any atom is -0.489 e. The number of halogens is 2. The smallest absolute Gasteiger partial charge is 0.276 e. The zero-order chi connectivity index (χ0) is 18.8. The van der Waals surface area contributed by atoms with Gasteiger partial charge in [-0.2, -0.15) is 0 Å². The summed E-state index contributed by atoms with van der Waals surface area (Å²) in [5.74, 6) is -2.23. The number of benzene rings is 1. The molecule has 0 radical (unpaired) electrons. The van der Waals surface area contributed by atoms with Gasteiger partial charge in [-0.1, -0.05) is 6.92 Å². The van der Waals surface area contributed by atoms with Gasteiger partial charge in [0.2, 0.25) is 0 Å². The predicted octanol–water partition coefficient (Wildman–Crippen LogP) is 2.59. The topological polar surface area (TPSA) is 72.4 Å². The fourth-order valence-corrected chi connectivity index (χ4v) is 3.79. The molecule has 1 aromatic heterocycles. The number of aryl methyl sites for hydroxylation is 1. The average molecular weight is 383 g/mol. The first-order valence-electron chi connectivity index (χ1n) is 8.14. The number of carbonyl (C=O) groups is 1. The van der Waals surface area contributed by atoms with Crippen LogP contribution >= 0.6 is 0 Å². The van der Waals surface area contributed by atoms with Crippen molar-refractivity contribution in [3.05, 3.63) is 41.7 Å². The van der Waals surface area contributed by atoms with Crippen LogP contribution in [0.3, 0.4) is 0 Å². The number of aromatic nitrogens is 1. The van der Waals surface area contributed by atoms with Crippen LogP contribution in [0.4, 0.5) is 14.5 Å². The second-order valence-electron chi connectivity index (χ2n) is 6.07. The molecule has 0 spiro atoms. The van der Waals surface area contributed by atoms with E-state index in [9.17, 15) is 17.8 Å². The Balaban J connectivity index is 1.92. The van der Waals surface area contributed by atoms with Crippen LogP contribution in [0, 0.1) is 17.6 Å². The van der Waals surface area contributed by atoms with E-state index in [1.807, 2.05) is 6.92 Å². The van der Waals surface area contributed by atoms with Crippen molar-refractivity contribution in [2.24, 2.45) is 13.0 Å². The van der Waals surface area contributed by atoms with Crippen LogP contribution in [0.1, 0.15) is 23.8 Å². The monoisotopic (exact) mass is 383 g/mol. The van der Waals surface area contributed by atoms with Crippen LogP contribution < -0.4 is 14.8 Å². The molecular weight excluding hydrogens is 364 g/mol. The lowest BCUT2D eigenvalue weighted by molar-refractivity contribution is 0.101. The van der Waals surface area contributed by atoms with Gasteiger partial charge in [-0.25, -0.2) is 17.7 Å². The van der Waals surface area contributed by atoms with Gasteiger partial charge in [0.05, 0.1) is 6.61 Å². The van der Waals surface area contributed by atoms with Crippen LogP contribution in [0.2, 0.25) is 0 Å². The number of amides is 1. The number of anilines is 1. The van der Waals surface area contributed by atoms with E-state index >= 15 is 0 Å². The zero-order valence-corrected chi connectivity index (χ0v) is 15.2. The normalized spacial score (nSPS) is 19.8. The summed E-state index contributed by atoms with van der Waals surface area (Å²) in [5, 5.41) is 2.51. The Kier molecular flexibility index (Phi) is 5.38. The molecule has 6 nitrogen and oxygen atoms in total. The van der Waals surface area contributed by atoms with Crippen LogP contribution in [0.25, 0.3) is 0 Å². The van der Waals surface area contributed by atoms with Crippen molar-refractivity contribution in [1.29, 1.82) is 0 Å². The molecule has 2 heterocycles.